The first-order chi connectivity index (χ1) is 12.2. The Morgan fingerprint density at radius 1 is 1.28 bits per heavy atom. The van der Waals surface area contributed by atoms with Gasteiger partial charge in [-0.1, -0.05) is 30.3 Å². The van der Waals surface area contributed by atoms with Crippen molar-refractivity contribution >= 4 is 22.6 Å². The quantitative estimate of drug-likeness (QED) is 0.771. The molecule has 0 bridgehead atoms. The van der Waals surface area contributed by atoms with Crippen LogP contribution in [0.3, 0.4) is 0 Å². The predicted molar refractivity (Wildman–Crippen MR) is 97.4 cm³/mol. The van der Waals surface area contributed by atoms with Gasteiger partial charge in [0.25, 0.3) is 5.91 Å². The highest BCUT2D eigenvalue weighted by Crippen LogP contribution is 2.23. The fraction of sp³-hybridized carbons (Fsp3) is 0.263. The van der Waals surface area contributed by atoms with Crippen molar-refractivity contribution in [2.24, 2.45) is 0 Å². The molecule has 1 saturated heterocycles. The standard InChI is InChI=1S/C19H20N4O2/c1-23-9-10-25-17(12-23)19(24)20-14-7-8-15-16(11-14)22-18(21-15)13-5-3-2-4-6-13/h2-8,11,17H,9-10,12H2,1H3,(H,20,24)(H,21,22)/t17-/m0/s1. The number of nitrogens with zero attached hydrogens (tertiary/aromatic N) is 2. The van der Waals surface area contributed by atoms with Crippen LogP contribution in [0.2, 0.25) is 0 Å². The Hall–Kier alpha value is -2.70. The van der Waals surface area contributed by atoms with Gasteiger partial charge in [-0.3, -0.25) is 4.79 Å². The minimum atomic E-state index is -0.434. The Morgan fingerprint density at radius 2 is 2.12 bits per heavy atom. The first-order valence-electron chi connectivity index (χ1n) is 8.35. The number of imidazole rings is 1. The second-order valence-electron chi connectivity index (χ2n) is 6.29. The van der Waals surface area contributed by atoms with E-state index in [-0.39, 0.29) is 5.91 Å². The molecule has 4 rings (SSSR count). The summed E-state index contributed by atoms with van der Waals surface area (Å²) in [6.07, 6.45) is -0.434. The molecule has 25 heavy (non-hydrogen) atoms. The van der Waals surface area contributed by atoms with Crippen molar-refractivity contribution < 1.29 is 9.53 Å². The maximum absolute atomic E-state index is 12.4. The van der Waals surface area contributed by atoms with Gasteiger partial charge in [0.1, 0.15) is 11.9 Å². The largest absolute Gasteiger partial charge is 0.366 e. The third-order valence-electron chi connectivity index (χ3n) is 4.36. The third-order valence-corrected chi connectivity index (χ3v) is 4.36. The molecule has 3 aromatic rings. The number of H-pyrrole nitrogens is 1. The topological polar surface area (TPSA) is 70.2 Å². The van der Waals surface area contributed by atoms with E-state index in [2.05, 4.69) is 20.2 Å². The number of hydrogen-bond acceptors (Lipinski definition) is 4. The van der Waals surface area contributed by atoms with E-state index in [4.69, 9.17) is 4.74 Å². The zero-order valence-electron chi connectivity index (χ0n) is 14.0. The minimum Gasteiger partial charge on any atom is -0.366 e. The van der Waals surface area contributed by atoms with Gasteiger partial charge in [0.15, 0.2) is 0 Å². The van der Waals surface area contributed by atoms with Crippen molar-refractivity contribution in [3.8, 4) is 11.4 Å². The van der Waals surface area contributed by atoms with Crippen LogP contribution in [0.25, 0.3) is 22.4 Å². The van der Waals surface area contributed by atoms with Gasteiger partial charge in [0.05, 0.1) is 17.6 Å². The molecule has 0 aliphatic carbocycles. The zero-order valence-corrected chi connectivity index (χ0v) is 14.0. The van der Waals surface area contributed by atoms with Crippen molar-refractivity contribution in [3.63, 3.8) is 0 Å². The fourth-order valence-corrected chi connectivity index (χ4v) is 2.98. The van der Waals surface area contributed by atoms with E-state index in [1.54, 1.807) is 0 Å². The van der Waals surface area contributed by atoms with E-state index in [9.17, 15) is 4.79 Å². The van der Waals surface area contributed by atoms with E-state index in [0.717, 1.165) is 34.7 Å². The van der Waals surface area contributed by atoms with E-state index in [1.807, 2.05) is 55.6 Å². The molecule has 2 aromatic carbocycles. The van der Waals surface area contributed by atoms with E-state index >= 15 is 0 Å². The van der Waals surface area contributed by atoms with Gasteiger partial charge < -0.3 is 19.9 Å². The normalized spacial score (nSPS) is 18.4. The number of nitrogens with one attached hydrogen (secondary N) is 2. The van der Waals surface area contributed by atoms with Crippen LogP contribution in [0.4, 0.5) is 5.69 Å². The second-order valence-corrected chi connectivity index (χ2v) is 6.29. The third kappa shape index (κ3) is 3.40. The molecule has 0 unspecified atom stereocenters. The molecule has 128 valence electrons. The average molecular weight is 336 g/mol. The summed E-state index contributed by atoms with van der Waals surface area (Å²) in [5, 5.41) is 2.93. The number of fused-ring (bicyclic) bond motifs is 1. The summed E-state index contributed by atoms with van der Waals surface area (Å²) in [4.78, 5) is 22.4. The van der Waals surface area contributed by atoms with Crippen molar-refractivity contribution in [1.29, 1.82) is 0 Å². The lowest BCUT2D eigenvalue weighted by molar-refractivity contribution is -0.132. The van der Waals surface area contributed by atoms with Crippen LogP contribution >= 0.6 is 0 Å². The lowest BCUT2D eigenvalue weighted by Gasteiger charge is -2.29. The van der Waals surface area contributed by atoms with Gasteiger partial charge >= 0.3 is 0 Å². The highest BCUT2D eigenvalue weighted by Gasteiger charge is 2.24. The van der Waals surface area contributed by atoms with Crippen LogP contribution in [0.15, 0.2) is 48.5 Å². The summed E-state index contributed by atoms with van der Waals surface area (Å²) >= 11 is 0. The van der Waals surface area contributed by atoms with E-state index in [1.165, 1.54) is 0 Å². The molecule has 0 radical (unpaired) electrons. The van der Waals surface area contributed by atoms with Gasteiger partial charge in [-0.05, 0) is 25.2 Å². The van der Waals surface area contributed by atoms with Crippen LogP contribution < -0.4 is 5.32 Å². The first-order valence-corrected chi connectivity index (χ1v) is 8.35. The number of carbonyl (C=O) groups excluding carboxylic acids is 1. The Kier molecular flexibility index (Phi) is 4.21. The van der Waals surface area contributed by atoms with Gasteiger partial charge in [0, 0.05) is 24.3 Å². The Morgan fingerprint density at radius 3 is 2.92 bits per heavy atom. The number of anilines is 1. The molecular weight excluding hydrogens is 316 g/mol. The molecule has 0 spiro atoms. The second kappa shape index (κ2) is 6.66. The summed E-state index contributed by atoms with van der Waals surface area (Å²) in [6, 6.07) is 15.6. The van der Waals surface area contributed by atoms with Gasteiger partial charge in [-0.2, -0.15) is 0 Å². The highest BCUT2D eigenvalue weighted by molar-refractivity contribution is 5.96. The Labute approximate surface area is 145 Å². The smallest absolute Gasteiger partial charge is 0.254 e. The predicted octanol–water partition coefficient (Wildman–Crippen LogP) is 2.50. The number of rotatable bonds is 3. The van der Waals surface area contributed by atoms with Gasteiger partial charge in [-0.15, -0.1) is 0 Å². The van der Waals surface area contributed by atoms with Crippen LogP contribution in [-0.4, -0.2) is 53.6 Å². The summed E-state index contributed by atoms with van der Waals surface area (Å²) in [5.41, 5.74) is 3.52. The van der Waals surface area contributed by atoms with Crippen LogP contribution in [-0.2, 0) is 9.53 Å². The number of carbonyl (C=O) groups is 1. The van der Waals surface area contributed by atoms with E-state index in [0.29, 0.717) is 13.2 Å². The Balaban J connectivity index is 1.54. The number of ether oxygens (including phenoxy) is 1. The van der Waals surface area contributed by atoms with Crippen LogP contribution in [0.1, 0.15) is 0 Å². The molecule has 1 aromatic heterocycles. The van der Waals surface area contributed by atoms with Gasteiger partial charge in [-0.25, -0.2) is 4.98 Å². The number of aromatic amines is 1. The number of aromatic nitrogens is 2. The molecule has 1 aliphatic rings. The molecule has 0 saturated carbocycles. The Bertz CT molecular complexity index is 891. The van der Waals surface area contributed by atoms with Crippen LogP contribution in [0.5, 0.6) is 0 Å². The molecular formula is C19H20N4O2. The monoisotopic (exact) mass is 336 g/mol. The van der Waals surface area contributed by atoms with Crippen molar-refractivity contribution in [2.75, 3.05) is 32.1 Å². The molecule has 6 nitrogen and oxygen atoms in total. The highest BCUT2D eigenvalue weighted by atomic mass is 16.5. The molecule has 6 heteroatoms. The SMILES string of the molecule is CN1CCO[C@H](C(=O)Nc2ccc3nc(-c4ccccc4)[nH]c3c2)C1. The van der Waals surface area contributed by atoms with Crippen LogP contribution in [0, 0.1) is 0 Å². The lowest BCUT2D eigenvalue weighted by Crippen LogP contribution is -2.46. The summed E-state index contributed by atoms with van der Waals surface area (Å²) in [5.74, 6) is 0.699. The summed E-state index contributed by atoms with van der Waals surface area (Å²) in [6.45, 7) is 2.04. The maximum atomic E-state index is 12.4. The van der Waals surface area contributed by atoms with E-state index < -0.39 is 6.10 Å². The summed E-state index contributed by atoms with van der Waals surface area (Å²) < 4.78 is 5.56. The molecule has 1 fully saturated rings. The summed E-state index contributed by atoms with van der Waals surface area (Å²) in [7, 11) is 1.99. The molecule has 1 amide bonds. The zero-order chi connectivity index (χ0) is 17.2. The lowest BCUT2D eigenvalue weighted by atomic mass is 10.2. The van der Waals surface area contributed by atoms with Crippen molar-refractivity contribution in [3.05, 3.63) is 48.5 Å². The fourth-order valence-electron chi connectivity index (χ4n) is 2.98. The van der Waals surface area contributed by atoms with Crippen molar-refractivity contribution in [1.82, 2.24) is 14.9 Å². The minimum absolute atomic E-state index is 0.117. The molecule has 1 atom stereocenters. The number of likely N-dealkylation sites (N-methyl/N-ethyl adjacent to an activating group) is 1. The number of hydrogen-bond donors (Lipinski definition) is 2. The number of benzene rings is 2. The maximum Gasteiger partial charge on any atom is 0.254 e. The number of amides is 1. The molecule has 2 N–H and O–H groups in total. The molecule has 2 heterocycles. The van der Waals surface area contributed by atoms with Crippen molar-refractivity contribution in [2.45, 2.75) is 6.10 Å². The molecule has 1 aliphatic heterocycles. The number of morpholine rings is 1. The average Bonchev–Trinajstić information content (AvgIpc) is 3.06. The van der Waals surface area contributed by atoms with Gasteiger partial charge in [0.2, 0.25) is 0 Å². The first kappa shape index (κ1) is 15.8.